The van der Waals surface area contributed by atoms with Gasteiger partial charge < -0.3 is 24.3 Å². The van der Waals surface area contributed by atoms with Gasteiger partial charge in [0.25, 0.3) is 5.91 Å². The highest BCUT2D eigenvalue weighted by molar-refractivity contribution is 7.80. The lowest BCUT2D eigenvalue weighted by molar-refractivity contribution is 0.0977. The highest BCUT2D eigenvalue weighted by Crippen LogP contribution is 2.38. The molecule has 1 amide bonds. The molecule has 208 valence electrons. The molecule has 1 heterocycles. The van der Waals surface area contributed by atoms with E-state index in [9.17, 15) is 4.79 Å². The van der Waals surface area contributed by atoms with E-state index in [2.05, 4.69) is 22.5 Å². The van der Waals surface area contributed by atoms with Gasteiger partial charge in [0.1, 0.15) is 17.2 Å². The zero-order valence-electron chi connectivity index (χ0n) is 22.5. The summed E-state index contributed by atoms with van der Waals surface area (Å²) in [6, 6.07) is 17.4. The maximum Gasteiger partial charge on any atom is 0.257 e. The number of nitrogens with zero attached hydrogens (tertiary/aromatic N) is 1. The number of ether oxygens (including phenoxy) is 4. The Morgan fingerprint density at radius 3 is 2.38 bits per heavy atom. The molecule has 4 aromatic rings. The maximum atomic E-state index is 12.6. The fraction of sp³-hybridized carbons (Fsp3) is 0.233. The summed E-state index contributed by atoms with van der Waals surface area (Å²) in [7, 11) is 3.14. The molecule has 10 heteroatoms. The van der Waals surface area contributed by atoms with Crippen molar-refractivity contribution in [3.8, 4) is 28.7 Å². The second-order valence-corrected chi connectivity index (χ2v) is 9.58. The maximum absolute atomic E-state index is 12.6. The molecular formula is C30H30ClN3O5S. The standard InChI is InChI=1S/C30H30ClN3O5S/c1-4-5-6-15-38-21-10-7-19(8-11-21)29(35)34-30(40)33-20-9-12-26(23(31)16-20)39-25-13-14-32-24-18-28(37-3)27(36-2)17-22(24)25/h7-14,16-18H,4-6,15H2,1-3H3,(H2,33,34,35,40). The van der Waals surface area contributed by atoms with Gasteiger partial charge in [-0.3, -0.25) is 15.1 Å². The number of hydrogen-bond acceptors (Lipinski definition) is 7. The zero-order chi connectivity index (χ0) is 28.5. The first-order valence-electron chi connectivity index (χ1n) is 12.7. The topological polar surface area (TPSA) is 90.9 Å². The second kappa shape index (κ2) is 13.8. The summed E-state index contributed by atoms with van der Waals surface area (Å²) in [5.41, 5.74) is 1.73. The first kappa shape index (κ1) is 28.9. The number of thiocarbonyl (C=S) groups is 1. The molecule has 8 nitrogen and oxygen atoms in total. The molecule has 0 saturated carbocycles. The number of amides is 1. The predicted octanol–water partition coefficient (Wildman–Crippen LogP) is 7.39. The predicted molar refractivity (Wildman–Crippen MR) is 162 cm³/mol. The van der Waals surface area contributed by atoms with Crippen molar-refractivity contribution in [2.24, 2.45) is 0 Å². The van der Waals surface area contributed by atoms with Crippen molar-refractivity contribution in [2.75, 3.05) is 26.1 Å². The number of unbranched alkanes of at least 4 members (excludes halogenated alkanes) is 2. The summed E-state index contributed by atoms with van der Waals surface area (Å²) in [5.74, 6) is 2.50. The van der Waals surface area contributed by atoms with Gasteiger partial charge in [0.15, 0.2) is 16.6 Å². The van der Waals surface area contributed by atoms with Crippen LogP contribution in [0.3, 0.4) is 0 Å². The van der Waals surface area contributed by atoms with E-state index in [4.69, 9.17) is 42.8 Å². The first-order chi connectivity index (χ1) is 19.4. The van der Waals surface area contributed by atoms with Gasteiger partial charge in [-0.15, -0.1) is 0 Å². The Hall–Kier alpha value is -4.08. The lowest BCUT2D eigenvalue weighted by Gasteiger charge is -2.14. The summed E-state index contributed by atoms with van der Waals surface area (Å²) >= 11 is 11.8. The van der Waals surface area contributed by atoms with Gasteiger partial charge in [0, 0.05) is 28.9 Å². The highest BCUT2D eigenvalue weighted by atomic mass is 35.5. The number of hydrogen-bond donors (Lipinski definition) is 2. The van der Waals surface area contributed by atoms with E-state index in [1.54, 1.807) is 81.1 Å². The Morgan fingerprint density at radius 2 is 1.68 bits per heavy atom. The third-order valence-corrected chi connectivity index (χ3v) is 6.48. The molecule has 0 spiro atoms. The van der Waals surface area contributed by atoms with Crippen molar-refractivity contribution >= 4 is 51.4 Å². The average Bonchev–Trinajstić information content (AvgIpc) is 2.96. The normalized spacial score (nSPS) is 10.6. The zero-order valence-corrected chi connectivity index (χ0v) is 24.0. The minimum absolute atomic E-state index is 0.135. The molecule has 0 unspecified atom stereocenters. The van der Waals surface area contributed by atoms with E-state index in [0.29, 0.717) is 51.4 Å². The molecule has 0 fully saturated rings. The van der Waals surface area contributed by atoms with Gasteiger partial charge in [0.2, 0.25) is 0 Å². The van der Waals surface area contributed by atoms with Gasteiger partial charge in [-0.05, 0) is 73.2 Å². The quantitative estimate of drug-likeness (QED) is 0.140. The number of rotatable bonds is 11. The number of carbonyl (C=O) groups excluding carboxylic acids is 1. The Kier molecular flexibility index (Phi) is 9.99. The molecule has 0 saturated heterocycles. The fourth-order valence-electron chi connectivity index (χ4n) is 3.90. The number of benzene rings is 3. The van der Waals surface area contributed by atoms with Crippen LogP contribution in [-0.2, 0) is 0 Å². The van der Waals surface area contributed by atoms with Gasteiger partial charge in [-0.1, -0.05) is 31.4 Å². The summed E-state index contributed by atoms with van der Waals surface area (Å²) in [6.07, 6.45) is 4.90. The number of nitrogens with one attached hydrogen (secondary N) is 2. The molecule has 0 aliphatic carbocycles. The van der Waals surface area contributed by atoms with Crippen LogP contribution >= 0.6 is 23.8 Å². The second-order valence-electron chi connectivity index (χ2n) is 8.77. The number of fused-ring (bicyclic) bond motifs is 1. The van der Waals surface area contributed by atoms with Crippen molar-refractivity contribution < 1.29 is 23.7 Å². The number of aromatic nitrogens is 1. The van der Waals surface area contributed by atoms with Crippen LogP contribution in [0, 0.1) is 0 Å². The minimum Gasteiger partial charge on any atom is -0.494 e. The molecule has 4 rings (SSSR count). The van der Waals surface area contributed by atoms with Gasteiger partial charge in [0.05, 0.1) is 31.4 Å². The van der Waals surface area contributed by atoms with Crippen LogP contribution in [-0.4, -0.2) is 36.8 Å². The number of methoxy groups -OCH3 is 2. The Balaban J connectivity index is 1.38. The van der Waals surface area contributed by atoms with Crippen LogP contribution in [0.5, 0.6) is 28.7 Å². The van der Waals surface area contributed by atoms with Gasteiger partial charge >= 0.3 is 0 Å². The van der Waals surface area contributed by atoms with Crippen LogP contribution in [0.25, 0.3) is 10.9 Å². The van der Waals surface area contributed by atoms with Crippen molar-refractivity contribution in [3.05, 3.63) is 77.4 Å². The van der Waals surface area contributed by atoms with Gasteiger partial charge in [-0.2, -0.15) is 0 Å². The average molecular weight is 580 g/mol. The van der Waals surface area contributed by atoms with E-state index in [-0.39, 0.29) is 11.0 Å². The van der Waals surface area contributed by atoms with E-state index < -0.39 is 0 Å². The molecule has 3 aromatic carbocycles. The van der Waals surface area contributed by atoms with Crippen LogP contribution in [0.4, 0.5) is 5.69 Å². The van der Waals surface area contributed by atoms with Crippen molar-refractivity contribution in [3.63, 3.8) is 0 Å². The van der Waals surface area contributed by atoms with Crippen molar-refractivity contribution in [1.82, 2.24) is 10.3 Å². The molecular weight excluding hydrogens is 550 g/mol. The minimum atomic E-state index is -0.335. The van der Waals surface area contributed by atoms with Crippen LogP contribution < -0.4 is 29.6 Å². The highest BCUT2D eigenvalue weighted by Gasteiger charge is 2.14. The lowest BCUT2D eigenvalue weighted by Crippen LogP contribution is -2.34. The Labute approximate surface area is 243 Å². The Bertz CT molecular complexity index is 1500. The summed E-state index contributed by atoms with van der Waals surface area (Å²) in [4.78, 5) is 17.0. The smallest absolute Gasteiger partial charge is 0.257 e. The third kappa shape index (κ3) is 7.31. The molecule has 1 aromatic heterocycles. The first-order valence-corrected chi connectivity index (χ1v) is 13.5. The molecule has 0 aliphatic heterocycles. The fourth-order valence-corrected chi connectivity index (χ4v) is 4.33. The van der Waals surface area contributed by atoms with Crippen molar-refractivity contribution in [2.45, 2.75) is 26.2 Å². The number of pyridine rings is 1. The molecule has 0 atom stereocenters. The summed E-state index contributed by atoms with van der Waals surface area (Å²) in [6.45, 7) is 2.80. The van der Waals surface area contributed by atoms with Crippen LogP contribution in [0.2, 0.25) is 5.02 Å². The lowest BCUT2D eigenvalue weighted by atomic mass is 10.2. The number of halogens is 1. The van der Waals surface area contributed by atoms with E-state index in [1.165, 1.54) is 0 Å². The number of carbonyl (C=O) groups is 1. The molecule has 0 aliphatic rings. The monoisotopic (exact) mass is 579 g/mol. The summed E-state index contributed by atoms with van der Waals surface area (Å²) < 4.78 is 22.6. The largest absolute Gasteiger partial charge is 0.494 e. The molecule has 2 N–H and O–H groups in total. The molecule has 0 radical (unpaired) electrons. The SMILES string of the molecule is CCCCCOc1ccc(C(=O)NC(=S)Nc2ccc(Oc3ccnc4cc(OC)c(OC)cc34)c(Cl)c2)cc1. The van der Waals surface area contributed by atoms with Crippen LogP contribution in [0.1, 0.15) is 36.5 Å². The summed E-state index contributed by atoms with van der Waals surface area (Å²) in [5, 5.41) is 6.87. The number of anilines is 1. The van der Waals surface area contributed by atoms with E-state index in [1.807, 2.05) is 0 Å². The van der Waals surface area contributed by atoms with E-state index in [0.717, 1.165) is 30.4 Å². The Morgan fingerprint density at radius 1 is 0.925 bits per heavy atom. The van der Waals surface area contributed by atoms with Crippen molar-refractivity contribution in [1.29, 1.82) is 0 Å². The van der Waals surface area contributed by atoms with E-state index >= 15 is 0 Å². The third-order valence-electron chi connectivity index (χ3n) is 5.98. The van der Waals surface area contributed by atoms with Gasteiger partial charge in [-0.25, -0.2) is 0 Å². The molecule has 40 heavy (non-hydrogen) atoms. The molecule has 0 bridgehead atoms. The van der Waals surface area contributed by atoms with Crippen LogP contribution in [0.15, 0.2) is 66.9 Å².